The van der Waals surface area contributed by atoms with E-state index in [1.807, 2.05) is 20.8 Å². The molecule has 0 unspecified atom stereocenters. The highest BCUT2D eigenvalue weighted by molar-refractivity contribution is 6.01. The molecule has 0 aromatic carbocycles. The van der Waals surface area contributed by atoms with E-state index in [-0.39, 0.29) is 11.6 Å². The van der Waals surface area contributed by atoms with Gasteiger partial charge in [-0.25, -0.2) is 14.5 Å². The second-order valence-corrected chi connectivity index (χ2v) is 4.24. The molecule has 0 bridgehead atoms. The van der Waals surface area contributed by atoms with Crippen molar-refractivity contribution in [3.63, 3.8) is 0 Å². The first-order valence-corrected chi connectivity index (χ1v) is 5.65. The fourth-order valence-electron chi connectivity index (χ4n) is 1.81. The van der Waals surface area contributed by atoms with Crippen molar-refractivity contribution < 1.29 is 9.90 Å². The van der Waals surface area contributed by atoms with Crippen LogP contribution in [0.15, 0.2) is 12.3 Å². The maximum Gasteiger partial charge on any atom is 0.336 e. The van der Waals surface area contributed by atoms with E-state index >= 15 is 0 Å². The molecule has 0 fully saturated rings. The van der Waals surface area contributed by atoms with E-state index in [0.717, 1.165) is 5.69 Å². The number of pyridine rings is 1. The van der Waals surface area contributed by atoms with Gasteiger partial charge < -0.3 is 5.11 Å². The Morgan fingerprint density at radius 3 is 2.76 bits per heavy atom. The zero-order valence-corrected chi connectivity index (χ0v) is 10.1. The van der Waals surface area contributed by atoms with E-state index in [9.17, 15) is 9.90 Å². The molecule has 2 heterocycles. The Hall–Kier alpha value is -1.91. The van der Waals surface area contributed by atoms with Crippen LogP contribution < -0.4 is 0 Å². The predicted molar refractivity (Wildman–Crippen MR) is 64.3 cm³/mol. The van der Waals surface area contributed by atoms with Crippen molar-refractivity contribution in [1.29, 1.82) is 0 Å². The number of carboxylic acids is 1. The molecule has 0 saturated carbocycles. The topological polar surface area (TPSA) is 68.0 Å². The molecule has 17 heavy (non-hydrogen) atoms. The van der Waals surface area contributed by atoms with E-state index in [0.29, 0.717) is 17.5 Å². The third-order valence-corrected chi connectivity index (χ3v) is 2.70. The van der Waals surface area contributed by atoms with Crippen LogP contribution in [0.4, 0.5) is 0 Å². The van der Waals surface area contributed by atoms with E-state index in [1.54, 1.807) is 16.9 Å². The molecule has 2 aromatic heterocycles. The quantitative estimate of drug-likeness (QED) is 0.883. The first-order chi connectivity index (χ1) is 8.04. The summed E-state index contributed by atoms with van der Waals surface area (Å²) >= 11 is 0. The van der Waals surface area contributed by atoms with Gasteiger partial charge in [-0.2, -0.15) is 5.10 Å². The van der Waals surface area contributed by atoms with Crippen molar-refractivity contribution in [2.45, 2.75) is 33.2 Å². The minimum atomic E-state index is -0.935. The Morgan fingerprint density at radius 1 is 1.53 bits per heavy atom. The summed E-state index contributed by atoms with van der Waals surface area (Å²) in [6, 6.07) is 1.78. The molecule has 0 atom stereocenters. The van der Waals surface area contributed by atoms with E-state index in [4.69, 9.17) is 0 Å². The fourth-order valence-corrected chi connectivity index (χ4v) is 1.81. The molecule has 0 radical (unpaired) electrons. The third kappa shape index (κ3) is 1.88. The number of carboxylic acid groups (broad SMARTS) is 1. The first-order valence-electron chi connectivity index (χ1n) is 5.65. The second kappa shape index (κ2) is 4.16. The molecule has 0 amide bonds. The van der Waals surface area contributed by atoms with Crippen LogP contribution in [0.5, 0.6) is 0 Å². The van der Waals surface area contributed by atoms with E-state index < -0.39 is 5.97 Å². The number of fused-ring (bicyclic) bond motifs is 1. The number of carbonyl (C=O) groups is 1. The van der Waals surface area contributed by atoms with Crippen molar-refractivity contribution in [1.82, 2.24) is 14.8 Å². The number of nitrogens with zero attached hydrogens (tertiary/aromatic N) is 3. The lowest BCUT2D eigenvalue weighted by atomic mass is 10.1. The van der Waals surface area contributed by atoms with E-state index in [2.05, 4.69) is 10.1 Å². The summed E-state index contributed by atoms with van der Waals surface area (Å²) in [5.74, 6) is -0.935. The summed E-state index contributed by atoms with van der Waals surface area (Å²) in [6.45, 7) is 5.94. The largest absolute Gasteiger partial charge is 0.478 e. The second-order valence-electron chi connectivity index (χ2n) is 4.24. The Balaban J connectivity index is 2.78. The van der Waals surface area contributed by atoms with Crippen LogP contribution in [-0.4, -0.2) is 25.8 Å². The van der Waals surface area contributed by atoms with Crippen LogP contribution in [0.3, 0.4) is 0 Å². The van der Waals surface area contributed by atoms with Gasteiger partial charge in [0.25, 0.3) is 0 Å². The van der Waals surface area contributed by atoms with Crippen molar-refractivity contribution >= 4 is 17.0 Å². The van der Waals surface area contributed by atoms with Crippen LogP contribution >= 0.6 is 0 Å². The highest BCUT2D eigenvalue weighted by atomic mass is 16.4. The first kappa shape index (κ1) is 11.6. The minimum absolute atomic E-state index is 0.161. The third-order valence-electron chi connectivity index (χ3n) is 2.70. The number of aromatic nitrogens is 3. The molecule has 0 spiro atoms. The SMILES string of the molecule is CCc1cc(C(=O)O)c2cnn(C(C)C)c2n1. The molecule has 0 aliphatic heterocycles. The lowest BCUT2D eigenvalue weighted by molar-refractivity contribution is 0.0699. The number of aryl methyl sites for hydroxylation is 1. The van der Waals surface area contributed by atoms with Crippen molar-refractivity contribution in [2.75, 3.05) is 0 Å². The van der Waals surface area contributed by atoms with Gasteiger partial charge in [0.1, 0.15) is 0 Å². The van der Waals surface area contributed by atoms with Crippen LogP contribution in [0, 0.1) is 0 Å². The van der Waals surface area contributed by atoms with Gasteiger partial charge in [0.2, 0.25) is 0 Å². The number of hydrogen-bond acceptors (Lipinski definition) is 3. The summed E-state index contributed by atoms with van der Waals surface area (Å²) in [6.07, 6.45) is 2.28. The van der Waals surface area contributed by atoms with Crippen LogP contribution in [0.2, 0.25) is 0 Å². The van der Waals surface area contributed by atoms with Crippen molar-refractivity contribution in [2.24, 2.45) is 0 Å². The molecular weight excluding hydrogens is 218 g/mol. The molecule has 5 heteroatoms. The molecule has 90 valence electrons. The van der Waals surface area contributed by atoms with Crippen LogP contribution in [0.1, 0.15) is 42.9 Å². The number of hydrogen-bond donors (Lipinski definition) is 1. The Bertz CT molecular complexity index is 572. The maximum atomic E-state index is 11.2. The lowest BCUT2D eigenvalue weighted by Gasteiger charge is -2.08. The Morgan fingerprint density at radius 2 is 2.24 bits per heavy atom. The van der Waals surface area contributed by atoms with Gasteiger partial charge in [-0.05, 0) is 26.3 Å². The molecule has 5 nitrogen and oxygen atoms in total. The average Bonchev–Trinajstić information content (AvgIpc) is 2.70. The Labute approximate surface area is 99.1 Å². The highest BCUT2D eigenvalue weighted by Gasteiger charge is 2.16. The monoisotopic (exact) mass is 233 g/mol. The van der Waals surface area contributed by atoms with Crippen LogP contribution in [-0.2, 0) is 6.42 Å². The van der Waals surface area contributed by atoms with Gasteiger partial charge in [-0.1, -0.05) is 6.92 Å². The predicted octanol–water partition coefficient (Wildman–Crippen LogP) is 2.27. The summed E-state index contributed by atoms with van der Waals surface area (Å²) < 4.78 is 1.75. The van der Waals surface area contributed by atoms with Crippen LogP contribution in [0.25, 0.3) is 11.0 Å². The zero-order chi connectivity index (χ0) is 12.6. The Kier molecular flexibility index (Phi) is 2.83. The lowest BCUT2D eigenvalue weighted by Crippen LogP contribution is -2.06. The van der Waals surface area contributed by atoms with Gasteiger partial charge in [-0.15, -0.1) is 0 Å². The fraction of sp³-hybridized carbons (Fsp3) is 0.417. The average molecular weight is 233 g/mol. The molecule has 2 aromatic rings. The minimum Gasteiger partial charge on any atom is -0.478 e. The summed E-state index contributed by atoms with van der Waals surface area (Å²) in [5.41, 5.74) is 1.70. The molecule has 0 saturated heterocycles. The smallest absolute Gasteiger partial charge is 0.336 e. The molecule has 0 aliphatic carbocycles. The summed E-state index contributed by atoms with van der Waals surface area (Å²) in [4.78, 5) is 15.7. The number of rotatable bonds is 3. The van der Waals surface area contributed by atoms with Crippen molar-refractivity contribution in [3.05, 3.63) is 23.5 Å². The molecule has 0 aliphatic rings. The van der Waals surface area contributed by atoms with E-state index in [1.165, 1.54) is 0 Å². The van der Waals surface area contributed by atoms with Gasteiger partial charge in [0, 0.05) is 11.7 Å². The molecular formula is C12H15N3O2. The van der Waals surface area contributed by atoms with Gasteiger partial charge in [0.15, 0.2) is 5.65 Å². The molecule has 1 N–H and O–H groups in total. The van der Waals surface area contributed by atoms with Gasteiger partial charge in [0.05, 0.1) is 17.1 Å². The molecule has 2 rings (SSSR count). The maximum absolute atomic E-state index is 11.2. The van der Waals surface area contributed by atoms with Gasteiger partial charge >= 0.3 is 5.97 Å². The zero-order valence-electron chi connectivity index (χ0n) is 10.1. The van der Waals surface area contributed by atoms with Crippen molar-refractivity contribution in [3.8, 4) is 0 Å². The summed E-state index contributed by atoms with van der Waals surface area (Å²) in [5, 5.41) is 14.0. The standard InChI is InChI=1S/C12H15N3O2/c1-4-8-5-9(12(16)17)10-6-13-15(7(2)3)11(10)14-8/h5-7H,4H2,1-3H3,(H,16,17). The normalized spacial score (nSPS) is 11.3. The summed E-state index contributed by atoms with van der Waals surface area (Å²) in [7, 11) is 0. The van der Waals surface area contributed by atoms with Gasteiger partial charge in [-0.3, -0.25) is 0 Å². The highest BCUT2D eigenvalue weighted by Crippen LogP contribution is 2.21. The number of aromatic carboxylic acids is 1.